The number of primary amides is 1. The molecular weight excluding hydrogens is 407 g/mol. The Kier molecular flexibility index (Phi) is 7.58. The molecule has 2 aromatic carbocycles. The zero-order chi connectivity index (χ0) is 20.6. The highest BCUT2D eigenvalue weighted by atomic mass is 32.1. The summed E-state index contributed by atoms with van der Waals surface area (Å²) in [6, 6.07) is 17.3. The van der Waals surface area contributed by atoms with E-state index in [4.69, 9.17) is 15.0 Å². The van der Waals surface area contributed by atoms with E-state index in [0.29, 0.717) is 17.6 Å². The minimum atomic E-state index is -1.16. The molecule has 0 aliphatic rings. The summed E-state index contributed by atoms with van der Waals surface area (Å²) in [4.78, 5) is 23.8. The first-order valence-electron chi connectivity index (χ1n) is 9.27. The lowest BCUT2D eigenvalue weighted by Crippen LogP contribution is -2.23. The van der Waals surface area contributed by atoms with E-state index in [-0.39, 0.29) is 12.5 Å². The number of nitrogens with one attached hydrogen (secondary N) is 1. The Hall–Kier alpha value is -2.47. The summed E-state index contributed by atoms with van der Waals surface area (Å²) in [5, 5.41) is 4.16. The molecule has 29 heavy (non-hydrogen) atoms. The van der Waals surface area contributed by atoms with Crippen LogP contribution in [0.15, 0.2) is 54.6 Å². The van der Waals surface area contributed by atoms with Gasteiger partial charge in [-0.1, -0.05) is 31.2 Å². The Morgan fingerprint density at radius 2 is 1.93 bits per heavy atom. The predicted molar refractivity (Wildman–Crippen MR) is 117 cm³/mol. The molecule has 1 heterocycles. The number of fused-ring (bicyclic) bond motifs is 1. The lowest BCUT2D eigenvalue weighted by molar-refractivity contribution is -0.142. The number of benzene rings is 2. The first kappa shape index (κ1) is 21.2. The van der Waals surface area contributed by atoms with E-state index in [1.807, 2.05) is 61.5 Å². The number of para-hydroxylation sites is 1. The third-order valence-electron chi connectivity index (χ3n) is 3.98. The molecule has 0 fully saturated rings. The highest BCUT2D eigenvalue weighted by Gasteiger charge is 2.16. The van der Waals surface area contributed by atoms with E-state index in [2.05, 4.69) is 5.09 Å². The molecule has 1 atom stereocenters. The number of nitrogens with two attached hydrogens (primary N) is 1. The summed E-state index contributed by atoms with van der Waals surface area (Å²) in [5.74, 6) is 0.0192. The largest absolute Gasteiger partial charge is 0.465 e. The van der Waals surface area contributed by atoms with Crippen molar-refractivity contribution in [2.45, 2.75) is 19.5 Å². The van der Waals surface area contributed by atoms with Gasteiger partial charge in [-0.05, 0) is 47.7 Å². The van der Waals surface area contributed by atoms with Crippen molar-refractivity contribution in [3.05, 3.63) is 65.0 Å². The molecule has 1 amide bonds. The van der Waals surface area contributed by atoms with Crippen molar-refractivity contribution in [1.29, 1.82) is 0 Å². The van der Waals surface area contributed by atoms with Crippen LogP contribution >= 0.6 is 19.6 Å². The standard InChI is InChI=1S/C21H23N2O4PS/c1-2-10-26-20(24)13-23-28(27-17-6-4-3-5-7-17)14-15-8-9-18-16(11-15)12-19(29-18)21(22)25/h3-9,11-12,23H,2,10,13-14H2,1H3,(H2,22,25). The number of carbonyl (C=O) groups is 2. The monoisotopic (exact) mass is 430 g/mol. The summed E-state index contributed by atoms with van der Waals surface area (Å²) in [6.45, 7) is 2.45. The Balaban J connectivity index is 1.73. The van der Waals surface area contributed by atoms with Gasteiger partial charge in [0.25, 0.3) is 5.91 Å². The third-order valence-corrected chi connectivity index (χ3v) is 6.70. The van der Waals surface area contributed by atoms with Crippen molar-refractivity contribution in [1.82, 2.24) is 5.09 Å². The second-order valence-corrected chi connectivity index (χ2v) is 9.00. The fourth-order valence-corrected chi connectivity index (χ4v) is 4.97. The number of esters is 1. The number of ether oxygens (including phenoxy) is 1. The zero-order valence-corrected chi connectivity index (χ0v) is 17.8. The zero-order valence-electron chi connectivity index (χ0n) is 16.1. The van der Waals surface area contributed by atoms with Crippen LogP contribution in [-0.4, -0.2) is 25.0 Å². The lowest BCUT2D eigenvalue weighted by atomic mass is 10.2. The number of carbonyl (C=O) groups excluding carboxylic acids is 2. The molecular formula is C21H23N2O4PS. The van der Waals surface area contributed by atoms with Gasteiger partial charge < -0.3 is 15.0 Å². The van der Waals surface area contributed by atoms with Gasteiger partial charge in [-0.2, -0.15) is 0 Å². The first-order chi connectivity index (χ1) is 14.0. The van der Waals surface area contributed by atoms with Crippen LogP contribution in [0.5, 0.6) is 5.75 Å². The number of hydrogen-bond donors (Lipinski definition) is 2. The van der Waals surface area contributed by atoms with Crippen LogP contribution in [0.3, 0.4) is 0 Å². The van der Waals surface area contributed by atoms with Crippen LogP contribution < -0.4 is 15.3 Å². The average molecular weight is 430 g/mol. The molecule has 0 aliphatic heterocycles. The first-order valence-corrected chi connectivity index (χ1v) is 11.5. The maximum absolute atomic E-state index is 11.9. The van der Waals surface area contributed by atoms with Crippen LogP contribution in [0.4, 0.5) is 0 Å². The van der Waals surface area contributed by atoms with Gasteiger partial charge in [-0.25, -0.2) is 0 Å². The molecule has 3 aromatic rings. The third kappa shape index (κ3) is 6.26. The van der Waals surface area contributed by atoms with E-state index >= 15 is 0 Å². The smallest absolute Gasteiger partial charge is 0.320 e. The molecule has 1 unspecified atom stereocenters. The van der Waals surface area contributed by atoms with Gasteiger partial charge in [-0.3, -0.25) is 14.7 Å². The van der Waals surface area contributed by atoms with Crippen LogP contribution in [0.2, 0.25) is 0 Å². The fraction of sp³-hybridized carbons (Fsp3) is 0.238. The van der Waals surface area contributed by atoms with E-state index in [1.165, 1.54) is 11.3 Å². The highest BCUT2D eigenvalue weighted by molar-refractivity contribution is 7.50. The summed E-state index contributed by atoms with van der Waals surface area (Å²) in [7, 11) is -1.16. The van der Waals surface area contributed by atoms with Gasteiger partial charge in [-0.15, -0.1) is 11.3 Å². The minimum absolute atomic E-state index is 0.0883. The summed E-state index contributed by atoms with van der Waals surface area (Å²) >= 11 is 1.38. The number of hydrogen-bond acceptors (Lipinski definition) is 6. The molecule has 0 spiro atoms. The average Bonchev–Trinajstić information content (AvgIpc) is 3.15. The van der Waals surface area contributed by atoms with Gasteiger partial charge in [0.05, 0.1) is 11.5 Å². The van der Waals surface area contributed by atoms with E-state index in [1.54, 1.807) is 0 Å². The molecule has 0 saturated carbocycles. The predicted octanol–water partition coefficient (Wildman–Crippen LogP) is 4.43. The second-order valence-electron chi connectivity index (χ2n) is 6.34. The van der Waals surface area contributed by atoms with Crippen molar-refractivity contribution < 1.29 is 18.8 Å². The van der Waals surface area contributed by atoms with E-state index in [9.17, 15) is 9.59 Å². The number of thiophene rings is 1. The Labute approximate surface area is 174 Å². The van der Waals surface area contributed by atoms with E-state index in [0.717, 1.165) is 27.8 Å². The van der Waals surface area contributed by atoms with Crippen molar-refractivity contribution in [3.8, 4) is 5.75 Å². The number of amides is 1. The fourth-order valence-electron chi connectivity index (χ4n) is 2.63. The maximum Gasteiger partial charge on any atom is 0.320 e. The quantitative estimate of drug-likeness (QED) is 0.367. The molecule has 0 aliphatic carbocycles. The Morgan fingerprint density at radius 1 is 1.14 bits per heavy atom. The Bertz CT molecular complexity index is 977. The van der Waals surface area contributed by atoms with Crippen molar-refractivity contribution in [3.63, 3.8) is 0 Å². The van der Waals surface area contributed by atoms with Gasteiger partial charge in [0, 0.05) is 10.9 Å². The van der Waals surface area contributed by atoms with Gasteiger partial charge in [0.1, 0.15) is 12.3 Å². The summed E-state index contributed by atoms with van der Waals surface area (Å²) < 4.78 is 12.2. The molecule has 3 N–H and O–H groups in total. The highest BCUT2D eigenvalue weighted by Crippen LogP contribution is 2.39. The maximum atomic E-state index is 11.9. The van der Waals surface area contributed by atoms with E-state index < -0.39 is 14.2 Å². The Morgan fingerprint density at radius 3 is 2.66 bits per heavy atom. The van der Waals surface area contributed by atoms with Crippen LogP contribution in [0.25, 0.3) is 10.1 Å². The molecule has 1 aromatic heterocycles. The molecule has 8 heteroatoms. The van der Waals surface area contributed by atoms with Crippen LogP contribution in [0.1, 0.15) is 28.6 Å². The molecule has 152 valence electrons. The molecule has 0 bridgehead atoms. The van der Waals surface area contributed by atoms with Gasteiger partial charge in [0.2, 0.25) is 0 Å². The summed E-state index contributed by atoms with van der Waals surface area (Å²) in [5.41, 5.74) is 6.43. The normalized spacial score (nSPS) is 11.9. The SMILES string of the molecule is CCCOC(=O)CNP(Cc1ccc2sc(C(N)=O)cc2c1)Oc1ccccc1. The topological polar surface area (TPSA) is 90.6 Å². The molecule has 0 radical (unpaired) electrons. The second kappa shape index (κ2) is 10.3. The molecule has 3 rings (SSSR count). The minimum Gasteiger partial charge on any atom is -0.465 e. The van der Waals surface area contributed by atoms with Crippen LogP contribution in [0, 0.1) is 0 Å². The van der Waals surface area contributed by atoms with Crippen molar-refractivity contribution >= 4 is 41.6 Å². The molecule has 0 saturated heterocycles. The van der Waals surface area contributed by atoms with Crippen molar-refractivity contribution in [2.24, 2.45) is 5.73 Å². The number of rotatable bonds is 10. The molecule has 6 nitrogen and oxygen atoms in total. The van der Waals surface area contributed by atoms with Crippen molar-refractivity contribution in [2.75, 3.05) is 13.2 Å². The van der Waals surface area contributed by atoms with Gasteiger partial charge in [0.15, 0.2) is 8.30 Å². The van der Waals surface area contributed by atoms with Gasteiger partial charge >= 0.3 is 5.97 Å². The summed E-state index contributed by atoms with van der Waals surface area (Å²) in [6.07, 6.45) is 1.39. The lowest BCUT2D eigenvalue weighted by Gasteiger charge is -2.19. The van der Waals surface area contributed by atoms with Crippen LogP contribution in [-0.2, 0) is 15.7 Å².